The van der Waals surface area contributed by atoms with E-state index < -0.39 is 0 Å². The number of nitrogens with zero attached hydrogens (tertiary/aromatic N) is 1. The van der Waals surface area contributed by atoms with E-state index in [0.29, 0.717) is 12.6 Å². The number of carbonyl (C=O) groups is 2. The summed E-state index contributed by atoms with van der Waals surface area (Å²) in [7, 11) is 0. The van der Waals surface area contributed by atoms with Crippen LogP contribution < -0.4 is 10.6 Å². The van der Waals surface area contributed by atoms with Crippen molar-refractivity contribution in [3.8, 4) is 0 Å². The van der Waals surface area contributed by atoms with Gasteiger partial charge in [0.1, 0.15) is 0 Å². The van der Waals surface area contributed by atoms with Gasteiger partial charge in [-0.15, -0.1) is 11.8 Å². The maximum Gasteiger partial charge on any atom is 0.238 e. The lowest BCUT2D eigenvalue weighted by Crippen LogP contribution is -2.41. The van der Waals surface area contributed by atoms with Gasteiger partial charge in [0.15, 0.2) is 0 Å². The Hall–Kier alpha value is -1.53. The largest absolute Gasteiger partial charge is 0.356 e. The van der Waals surface area contributed by atoms with E-state index >= 15 is 0 Å². The molecule has 1 aromatic rings. The average molecular weight is 376 g/mol. The molecule has 1 fully saturated rings. The zero-order chi connectivity index (χ0) is 18.4. The van der Waals surface area contributed by atoms with Crippen molar-refractivity contribution in [3.05, 3.63) is 24.3 Å². The summed E-state index contributed by atoms with van der Waals surface area (Å²) in [5, 5.41) is 5.53. The molecule has 142 valence electrons. The van der Waals surface area contributed by atoms with Crippen molar-refractivity contribution in [1.82, 2.24) is 10.2 Å². The van der Waals surface area contributed by atoms with Crippen LogP contribution >= 0.6 is 11.8 Å². The zero-order valence-electron chi connectivity index (χ0n) is 15.5. The number of thioether (sulfide) groups is 1. The first-order valence-electron chi connectivity index (χ1n) is 9.74. The molecule has 2 atom stereocenters. The van der Waals surface area contributed by atoms with Gasteiger partial charge in [-0.25, -0.2) is 0 Å². The highest BCUT2D eigenvalue weighted by Crippen LogP contribution is 2.36. The van der Waals surface area contributed by atoms with Gasteiger partial charge in [-0.3, -0.25) is 9.59 Å². The average Bonchev–Trinajstić information content (AvgIpc) is 2.66. The summed E-state index contributed by atoms with van der Waals surface area (Å²) in [6.07, 6.45) is 6.34. The molecule has 2 N–H and O–H groups in total. The molecular weight excluding hydrogens is 346 g/mol. The van der Waals surface area contributed by atoms with E-state index in [-0.39, 0.29) is 23.5 Å². The van der Waals surface area contributed by atoms with E-state index in [1.165, 1.54) is 44.0 Å². The molecule has 26 heavy (non-hydrogen) atoms. The van der Waals surface area contributed by atoms with E-state index in [4.69, 9.17) is 0 Å². The third-order valence-corrected chi connectivity index (χ3v) is 6.52. The van der Waals surface area contributed by atoms with E-state index in [1.54, 1.807) is 0 Å². The fraction of sp³-hybridized carbons (Fsp3) is 0.600. The van der Waals surface area contributed by atoms with Gasteiger partial charge < -0.3 is 15.5 Å². The number of carbonyl (C=O) groups excluding carboxylic acids is 2. The van der Waals surface area contributed by atoms with Crippen LogP contribution in [-0.2, 0) is 9.59 Å². The summed E-state index contributed by atoms with van der Waals surface area (Å²) in [6, 6.07) is 8.43. The monoisotopic (exact) mass is 375 g/mol. The summed E-state index contributed by atoms with van der Waals surface area (Å²) in [5.41, 5.74) is 0.839. The number of para-hydroxylation sites is 1. The van der Waals surface area contributed by atoms with Gasteiger partial charge in [-0.05, 0) is 44.4 Å². The number of hydrogen-bond acceptors (Lipinski definition) is 4. The van der Waals surface area contributed by atoms with Crippen LogP contribution in [-0.4, -0.2) is 47.6 Å². The minimum absolute atomic E-state index is 0.0392. The van der Waals surface area contributed by atoms with Crippen molar-refractivity contribution in [1.29, 1.82) is 0 Å². The Morgan fingerprint density at radius 2 is 2.19 bits per heavy atom. The maximum atomic E-state index is 12.2. The Kier molecular flexibility index (Phi) is 6.97. The van der Waals surface area contributed by atoms with Crippen molar-refractivity contribution < 1.29 is 9.59 Å². The molecule has 1 saturated heterocycles. The van der Waals surface area contributed by atoms with Gasteiger partial charge in [0.2, 0.25) is 11.8 Å². The van der Waals surface area contributed by atoms with Gasteiger partial charge in [-0.2, -0.15) is 0 Å². The molecule has 0 bridgehead atoms. The lowest BCUT2D eigenvalue weighted by molar-refractivity contribution is -0.124. The maximum absolute atomic E-state index is 12.2. The molecular formula is C20H29N3O2S. The molecule has 2 aliphatic rings. The SMILES string of the molecule is CC[C@H]1CCCCN1CCCNC(=O)C[C@H]1Sc2ccccc2NC1=O. The first-order chi connectivity index (χ1) is 12.7. The third kappa shape index (κ3) is 5.01. The number of hydrogen-bond donors (Lipinski definition) is 2. The Labute approximate surface area is 160 Å². The standard InChI is InChI=1S/C20H29N3O2S/c1-2-15-8-5-6-12-23(15)13-7-11-21-19(24)14-18-20(25)22-16-9-3-4-10-17(16)26-18/h3-4,9-10,15,18H,2,5-8,11-14H2,1H3,(H,21,24)(H,22,25)/t15-,18+/m0/s1. The summed E-state index contributed by atoms with van der Waals surface area (Å²) < 4.78 is 0. The number of rotatable bonds is 7. The summed E-state index contributed by atoms with van der Waals surface area (Å²) >= 11 is 1.48. The summed E-state index contributed by atoms with van der Waals surface area (Å²) in [4.78, 5) is 28.0. The second-order valence-corrected chi connectivity index (χ2v) is 8.34. The molecule has 3 rings (SSSR count). The highest BCUT2D eigenvalue weighted by atomic mass is 32.2. The highest BCUT2D eigenvalue weighted by molar-refractivity contribution is 8.01. The van der Waals surface area contributed by atoms with Crippen LogP contribution in [0.2, 0.25) is 0 Å². The zero-order valence-corrected chi connectivity index (χ0v) is 16.3. The van der Waals surface area contributed by atoms with Gasteiger partial charge in [0.05, 0.1) is 10.9 Å². The number of likely N-dealkylation sites (tertiary alicyclic amines) is 1. The van der Waals surface area contributed by atoms with Crippen LogP contribution in [0.4, 0.5) is 5.69 Å². The van der Waals surface area contributed by atoms with Crippen molar-refractivity contribution in [3.63, 3.8) is 0 Å². The lowest BCUT2D eigenvalue weighted by atomic mass is 10.00. The topological polar surface area (TPSA) is 61.4 Å². The predicted molar refractivity (Wildman–Crippen MR) is 106 cm³/mol. The molecule has 0 radical (unpaired) electrons. The van der Waals surface area contributed by atoms with E-state index in [0.717, 1.165) is 23.5 Å². The third-order valence-electron chi connectivity index (χ3n) is 5.24. The van der Waals surface area contributed by atoms with Crippen LogP contribution in [0.5, 0.6) is 0 Å². The van der Waals surface area contributed by atoms with Gasteiger partial charge in [0.25, 0.3) is 0 Å². The Bertz CT molecular complexity index is 637. The van der Waals surface area contributed by atoms with Crippen molar-refractivity contribution in [2.45, 2.75) is 61.6 Å². The molecule has 0 aromatic heterocycles. The molecule has 2 amide bonds. The molecule has 2 aliphatic heterocycles. The predicted octanol–water partition coefficient (Wildman–Crippen LogP) is 3.26. The lowest BCUT2D eigenvalue weighted by Gasteiger charge is -2.35. The highest BCUT2D eigenvalue weighted by Gasteiger charge is 2.28. The van der Waals surface area contributed by atoms with Crippen molar-refractivity contribution >= 4 is 29.3 Å². The smallest absolute Gasteiger partial charge is 0.238 e. The normalized spacial score (nSPS) is 23.2. The minimum atomic E-state index is -0.350. The van der Waals surface area contributed by atoms with E-state index in [1.807, 2.05) is 24.3 Å². The van der Waals surface area contributed by atoms with Crippen LogP contribution in [0.3, 0.4) is 0 Å². The molecule has 5 nitrogen and oxygen atoms in total. The van der Waals surface area contributed by atoms with Gasteiger partial charge >= 0.3 is 0 Å². The summed E-state index contributed by atoms with van der Waals surface area (Å²) in [5.74, 6) is -0.120. The quantitative estimate of drug-likeness (QED) is 0.718. The van der Waals surface area contributed by atoms with Crippen LogP contribution in [0, 0.1) is 0 Å². The number of benzene rings is 1. The van der Waals surface area contributed by atoms with E-state index in [9.17, 15) is 9.59 Å². The molecule has 0 unspecified atom stereocenters. The first kappa shape index (κ1) is 19.2. The number of fused-ring (bicyclic) bond motifs is 1. The minimum Gasteiger partial charge on any atom is -0.356 e. The number of amides is 2. The van der Waals surface area contributed by atoms with Gasteiger partial charge in [-0.1, -0.05) is 25.5 Å². The fourth-order valence-electron chi connectivity index (χ4n) is 3.79. The molecule has 0 aliphatic carbocycles. The Morgan fingerprint density at radius 3 is 3.04 bits per heavy atom. The Morgan fingerprint density at radius 1 is 1.35 bits per heavy atom. The van der Waals surface area contributed by atoms with Gasteiger partial charge in [0, 0.05) is 30.4 Å². The van der Waals surface area contributed by atoms with Crippen LogP contribution in [0.1, 0.15) is 45.4 Å². The van der Waals surface area contributed by atoms with Crippen molar-refractivity contribution in [2.75, 3.05) is 25.0 Å². The molecule has 1 aromatic carbocycles. The molecule has 0 spiro atoms. The number of nitrogens with one attached hydrogen (secondary N) is 2. The first-order valence-corrected chi connectivity index (χ1v) is 10.6. The number of anilines is 1. The van der Waals surface area contributed by atoms with E-state index in [2.05, 4.69) is 22.5 Å². The van der Waals surface area contributed by atoms with Crippen molar-refractivity contribution in [2.24, 2.45) is 0 Å². The molecule has 6 heteroatoms. The van der Waals surface area contributed by atoms with Crippen LogP contribution in [0.15, 0.2) is 29.2 Å². The molecule has 0 saturated carbocycles. The molecule has 2 heterocycles. The fourth-order valence-corrected chi connectivity index (χ4v) is 4.90. The second-order valence-electron chi connectivity index (χ2n) is 7.09. The second kappa shape index (κ2) is 9.42. The number of piperidine rings is 1. The summed E-state index contributed by atoms with van der Waals surface area (Å²) in [6.45, 7) is 5.17. The van der Waals surface area contributed by atoms with Crippen LogP contribution in [0.25, 0.3) is 0 Å². The Balaban J connectivity index is 1.38.